The summed E-state index contributed by atoms with van der Waals surface area (Å²) in [6, 6.07) is -0.704. The minimum Gasteiger partial charge on any atom is -0.462 e. The summed E-state index contributed by atoms with van der Waals surface area (Å²) in [7, 11) is 0. The number of unbranched alkanes of at least 4 members (excludes halogenated alkanes) is 35. The number of aliphatic hydroxyl groups is 2. The van der Waals surface area contributed by atoms with Gasteiger partial charge in [-0.05, 0) is 83.5 Å². The molecule has 0 aromatic heterocycles. The summed E-state index contributed by atoms with van der Waals surface area (Å²) in [6.07, 6.45) is 64.9. The van der Waals surface area contributed by atoms with Crippen LogP contribution in [0.3, 0.4) is 0 Å². The van der Waals surface area contributed by atoms with Crippen LogP contribution in [-0.2, 0) is 14.3 Å². The van der Waals surface area contributed by atoms with Crippen LogP contribution in [0.2, 0.25) is 0 Å². The van der Waals surface area contributed by atoms with Crippen molar-refractivity contribution in [2.45, 2.75) is 328 Å². The maximum Gasteiger partial charge on any atom is 0.306 e. The molecule has 3 N–H and O–H groups in total. The average Bonchev–Trinajstić information content (AvgIpc) is 3.31. The number of aliphatic hydroxyl groups excluding tert-OH is 2. The second-order valence-electron chi connectivity index (χ2n) is 20.0. The van der Waals surface area contributed by atoms with Gasteiger partial charge in [0.05, 0.1) is 25.2 Å². The fraction of sp³-hybridized carbons (Fsp3) is 0.867. The van der Waals surface area contributed by atoms with Gasteiger partial charge in [0, 0.05) is 6.42 Å². The van der Waals surface area contributed by atoms with Gasteiger partial charge in [0.15, 0.2) is 0 Å². The van der Waals surface area contributed by atoms with Gasteiger partial charge in [0.25, 0.3) is 0 Å². The Bertz CT molecular complexity index is 1090. The van der Waals surface area contributed by atoms with Crippen molar-refractivity contribution in [2.75, 3.05) is 6.61 Å². The van der Waals surface area contributed by atoms with Gasteiger partial charge in [-0.25, -0.2) is 0 Å². The van der Waals surface area contributed by atoms with Crippen LogP contribution in [0.4, 0.5) is 0 Å². The van der Waals surface area contributed by atoms with E-state index in [0.717, 1.165) is 77.0 Å². The molecule has 0 aromatic rings. The smallest absolute Gasteiger partial charge is 0.306 e. The second-order valence-corrected chi connectivity index (χ2v) is 20.0. The molecule has 6 heteroatoms. The normalized spacial score (nSPS) is 13.3. The number of ether oxygens (including phenoxy) is 1. The van der Waals surface area contributed by atoms with E-state index in [1.807, 2.05) is 0 Å². The Labute approximate surface area is 411 Å². The molecule has 0 aliphatic heterocycles. The molecular formula is C60H113NO5. The third kappa shape index (κ3) is 48.5. The van der Waals surface area contributed by atoms with E-state index in [9.17, 15) is 19.8 Å². The molecule has 0 saturated carbocycles. The highest BCUT2D eigenvalue weighted by atomic mass is 16.5. The largest absolute Gasteiger partial charge is 0.462 e. The van der Waals surface area contributed by atoms with Gasteiger partial charge in [-0.3, -0.25) is 9.59 Å². The summed E-state index contributed by atoms with van der Waals surface area (Å²) in [6.45, 7) is 6.48. The first kappa shape index (κ1) is 64.1. The number of carbonyl (C=O) groups excluding carboxylic acids is 2. The lowest BCUT2D eigenvalue weighted by atomic mass is 10.0. The number of amides is 1. The van der Waals surface area contributed by atoms with Crippen LogP contribution in [0, 0.1) is 0 Å². The van der Waals surface area contributed by atoms with Crippen LogP contribution < -0.4 is 5.32 Å². The molecule has 3 unspecified atom stereocenters. The lowest BCUT2D eigenvalue weighted by molar-refractivity contribution is -0.151. The highest BCUT2D eigenvalue weighted by Crippen LogP contribution is 2.18. The molecule has 0 aliphatic rings. The van der Waals surface area contributed by atoms with E-state index >= 15 is 0 Å². The standard InChI is InChI=1S/C60H113NO5/c1-4-7-10-13-16-19-22-25-27-29-31-33-35-38-41-44-47-50-53-60(65)66-56(51-48-45-42-39-36-34-32-30-28-26-23-20-17-14-11-8-5-2)54-59(64)61-57(55-62)58(63)52-49-46-43-40-37-24-21-18-15-12-9-6-3/h17,20,26,28,31,33,56-58,62-63H,4-16,18-19,21-25,27,29-30,32,34-55H2,1-3H3,(H,61,64)/b20-17-,28-26-,33-31+. The van der Waals surface area contributed by atoms with Gasteiger partial charge >= 0.3 is 5.97 Å². The third-order valence-electron chi connectivity index (χ3n) is 13.4. The van der Waals surface area contributed by atoms with Crippen molar-refractivity contribution in [1.82, 2.24) is 5.32 Å². The van der Waals surface area contributed by atoms with Gasteiger partial charge < -0.3 is 20.3 Å². The zero-order valence-electron chi connectivity index (χ0n) is 44.3. The van der Waals surface area contributed by atoms with Crippen molar-refractivity contribution in [2.24, 2.45) is 0 Å². The lowest BCUT2D eigenvalue weighted by Crippen LogP contribution is -2.46. The number of hydrogen-bond donors (Lipinski definition) is 3. The molecule has 388 valence electrons. The Morgan fingerprint density at radius 2 is 0.773 bits per heavy atom. The number of nitrogens with one attached hydrogen (secondary N) is 1. The molecule has 1 amide bonds. The Morgan fingerprint density at radius 3 is 1.20 bits per heavy atom. The molecule has 66 heavy (non-hydrogen) atoms. The number of allylic oxidation sites excluding steroid dienone is 6. The SMILES string of the molecule is CCCCC/C=C\C/C=C\CCCCCCCCCC(CC(=O)NC(CO)C(O)CCCCCCCCCCCCCC)OC(=O)CCCCCCC/C=C/CCCCCCCCCCC. The minimum absolute atomic E-state index is 0.0718. The molecule has 0 rings (SSSR count). The van der Waals surface area contributed by atoms with Crippen molar-refractivity contribution in [3.05, 3.63) is 36.5 Å². The zero-order chi connectivity index (χ0) is 48.1. The van der Waals surface area contributed by atoms with Crippen molar-refractivity contribution in [1.29, 1.82) is 0 Å². The van der Waals surface area contributed by atoms with Gasteiger partial charge in [0.1, 0.15) is 6.10 Å². The number of rotatable bonds is 53. The summed E-state index contributed by atoms with van der Waals surface area (Å²) in [5, 5.41) is 23.9. The Morgan fingerprint density at radius 1 is 0.439 bits per heavy atom. The van der Waals surface area contributed by atoms with Crippen molar-refractivity contribution in [3.8, 4) is 0 Å². The summed E-state index contributed by atoms with van der Waals surface area (Å²) < 4.78 is 5.96. The fourth-order valence-corrected chi connectivity index (χ4v) is 8.99. The molecule has 0 aliphatic carbocycles. The first-order valence-corrected chi connectivity index (χ1v) is 29.2. The third-order valence-corrected chi connectivity index (χ3v) is 13.4. The van der Waals surface area contributed by atoms with Gasteiger partial charge in [-0.15, -0.1) is 0 Å². The van der Waals surface area contributed by atoms with Gasteiger partial charge in [-0.1, -0.05) is 250 Å². The van der Waals surface area contributed by atoms with Crippen LogP contribution >= 0.6 is 0 Å². The molecule has 0 radical (unpaired) electrons. The maximum atomic E-state index is 13.3. The molecule has 0 bridgehead atoms. The molecular weight excluding hydrogens is 815 g/mol. The zero-order valence-corrected chi connectivity index (χ0v) is 44.3. The Balaban J connectivity index is 4.56. The molecule has 0 spiro atoms. The summed E-state index contributed by atoms with van der Waals surface area (Å²) in [5.41, 5.74) is 0. The Hall–Kier alpha value is -1.92. The molecule has 0 aromatic carbocycles. The number of esters is 1. The highest BCUT2D eigenvalue weighted by Gasteiger charge is 2.24. The van der Waals surface area contributed by atoms with Crippen LogP contribution in [0.5, 0.6) is 0 Å². The molecule has 6 nitrogen and oxygen atoms in total. The topological polar surface area (TPSA) is 95.9 Å². The quantitative estimate of drug-likeness (QED) is 0.0321. The first-order valence-electron chi connectivity index (χ1n) is 29.2. The maximum absolute atomic E-state index is 13.3. The predicted octanol–water partition coefficient (Wildman–Crippen LogP) is 18.0. The molecule has 0 heterocycles. The number of carbonyl (C=O) groups is 2. The van der Waals surface area contributed by atoms with Crippen LogP contribution in [0.1, 0.15) is 310 Å². The second kappa shape index (κ2) is 54.0. The van der Waals surface area contributed by atoms with Crippen LogP contribution in [-0.4, -0.2) is 46.9 Å². The van der Waals surface area contributed by atoms with Crippen molar-refractivity contribution in [3.63, 3.8) is 0 Å². The minimum atomic E-state index is -0.790. The van der Waals surface area contributed by atoms with E-state index < -0.39 is 18.2 Å². The Kier molecular flexibility index (Phi) is 52.5. The predicted molar refractivity (Wildman–Crippen MR) is 287 cm³/mol. The lowest BCUT2D eigenvalue weighted by Gasteiger charge is -2.24. The van der Waals surface area contributed by atoms with E-state index in [4.69, 9.17) is 4.74 Å². The fourth-order valence-electron chi connectivity index (χ4n) is 8.99. The van der Waals surface area contributed by atoms with Crippen LogP contribution in [0.25, 0.3) is 0 Å². The highest BCUT2D eigenvalue weighted by molar-refractivity contribution is 5.77. The van der Waals surface area contributed by atoms with E-state index in [0.29, 0.717) is 19.3 Å². The van der Waals surface area contributed by atoms with Gasteiger partial charge in [0.2, 0.25) is 5.91 Å². The molecule has 0 saturated heterocycles. The van der Waals surface area contributed by atoms with E-state index in [2.05, 4.69) is 62.5 Å². The average molecular weight is 929 g/mol. The van der Waals surface area contributed by atoms with Crippen molar-refractivity contribution >= 4 is 11.9 Å². The van der Waals surface area contributed by atoms with Crippen molar-refractivity contribution < 1.29 is 24.5 Å². The summed E-state index contributed by atoms with van der Waals surface area (Å²) in [4.78, 5) is 26.3. The molecule has 0 fully saturated rings. The monoisotopic (exact) mass is 928 g/mol. The van der Waals surface area contributed by atoms with E-state index in [-0.39, 0.29) is 24.9 Å². The number of hydrogen-bond acceptors (Lipinski definition) is 5. The van der Waals surface area contributed by atoms with E-state index in [1.54, 1.807) is 0 Å². The summed E-state index contributed by atoms with van der Waals surface area (Å²) >= 11 is 0. The van der Waals surface area contributed by atoms with Crippen LogP contribution in [0.15, 0.2) is 36.5 Å². The van der Waals surface area contributed by atoms with Gasteiger partial charge in [-0.2, -0.15) is 0 Å². The van der Waals surface area contributed by atoms with E-state index in [1.165, 1.54) is 186 Å². The summed E-state index contributed by atoms with van der Waals surface area (Å²) in [5.74, 6) is -0.477. The first-order chi connectivity index (χ1) is 32.5. The molecule has 3 atom stereocenters.